The van der Waals surface area contributed by atoms with Gasteiger partial charge in [0, 0.05) is 40.0 Å². The van der Waals surface area contributed by atoms with Crippen molar-refractivity contribution >= 4 is 12.2 Å². The second-order valence-electron chi connectivity index (χ2n) is 7.98. The maximum Gasteiger partial charge on any atom is 0.412 e. The Morgan fingerprint density at radius 3 is 1.41 bits per heavy atom. The van der Waals surface area contributed by atoms with Gasteiger partial charge in [0.2, 0.25) is 12.6 Å². The van der Waals surface area contributed by atoms with E-state index in [4.69, 9.17) is 18.9 Å². The van der Waals surface area contributed by atoms with Crippen LogP contribution in [0.25, 0.3) is 0 Å². The van der Waals surface area contributed by atoms with Crippen molar-refractivity contribution in [3.63, 3.8) is 0 Å². The van der Waals surface area contributed by atoms with Crippen molar-refractivity contribution in [1.82, 2.24) is 9.80 Å². The first kappa shape index (κ1) is 25.1. The fourth-order valence-electron chi connectivity index (χ4n) is 3.31. The molecule has 0 saturated carbocycles. The summed E-state index contributed by atoms with van der Waals surface area (Å²) >= 11 is 0. The number of carbonyl (C=O) groups excluding carboxylic acids is 2. The van der Waals surface area contributed by atoms with E-state index in [1.807, 2.05) is 0 Å². The number of aryl methyl sites for hydroxylation is 2. The van der Waals surface area contributed by atoms with E-state index in [1.165, 1.54) is 47.9 Å². The average Bonchev–Trinajstić information content (AvgIpc) is 2.77. The topological polar surface area (TPSA) is 77.5 Å². The molecule has 1 fully saturated rings. The number of carbonyl (C=O) groups is 2. The zero-order chi connectivity index (χ0) is 24.8. The Kier molecular flexibility index (Phi) is 8.14. The van der Waals surface area contributed by atoms with Crippen LogP contribution in [0.2, 0.25) is 0 Å². The number of amides is 2. The molecule has 2 aromatic carbocycles. The van der Waals surface area contributed by atoms with E-state index in [9.17, 15) is 18.4 Å². The Morgan fingerprint density at radius 2 is 1.09 bits per heavy atom. The van der Waals surface area contributed by atoms with Gasteiger partial charge in [0.1, 0.15) is 0 Å². The molecule has 1 heterocycles. The highest BCUT2D eigenvalue weighted by atomic mass is 19.1. The lowest BCUT2D eigenvalue weighted by molar-refractivity contribution is -0.0494. The first-order chi connectivity index (χ1) is 16.1. The first-order valence-corrected chi connectivity index (χ1v) is 10.9. The smallest absolute Gasteiger partial charge is 0.412 e. The van der Waals surface area contributed by atoms with Crippen LogP contribution in [0, 0.1) is 25.5 Å². The number of benzene rings is 2. The molecule has 0 bridgehead atoms. The first-order valence-electron chi connectivity index (χ1n) is 10.9. The number of piperazine rings is 1. The Hall–Kier alpha value is -3.56. The van der Waals surface area contributed by atoms with Crippen molar-refractivity contribution < 1.29 is 37.3 Å². The maximum absolute atomic E-state index is 13.9. The molecule has 8 nitrogen and oxygen atoms in total. The largest absolute Gasteiger partial charge is 0.452 e. The monoisotopic (exact) mass is 478 g/mol. The van der Waals surface area contributed by atoms with Crippen LogP contribution in [0.1, 0.15) is 25.0 Å². The minimum atomic E-state index is -1.01. The number of ether oxygens (including phenoxy) is 4. The van der Waals surface area contributed by atoms with Crippen LogP contribution >= 0.6 is 0 Å². The molecule has 0 N–H and O–H groups in total. The Balaban J connectivity index is 1.42. The summed E-state index contributed by atoms with van der Waals surface area (Å²) in [5.74, 6) is -1.11. The van der Waals surface area contributed by atoms with Crippen molar-refractivity contribution in [2.45, 2.75) is 40.3 Å². The fourth-order valence-corrected chi connectivity index (χ4v) is 3.31. The van der Waals surface area contributed by atoms with E-state index in [-0.39, 0.29) is 37.7 Å². The van der Waals surface area contributed by atoms with E-state index in [2.05, 4.69) is 0 Å². The number of hydrogen-bond donors (Lipinski definition) is 0. The summed E-state index contributed by atoms with van der Waals surface area (Å²) in [4.78, 5) is 27.6. The van der Waals surface area contributed by atoms with E-state index in [0.717, 1.165) is 11.1 Å². The highest BCUT2D eigenvalue weighted by Crippen LogP contribution is 2.21. The number of halogens is 2. The second-order valence-corrected chi connectivity index (χ2v) is 7.98. The molecule has 0 radical (unpaired) electrons. The highest BCUT2D eigenvalue weighted by Gasteiger charge is 2.28. The van der Waals surface area contributed by atoms with Crippen molar-refractivity contribution in [2.75, 3.05) is 26.2 Å². The molecule has 1 saturated heterocycles. The molecule has 2 atom stereocenters. The zero-order valence-electron chi connectivity index (χ0n) is 19.5. The molecule has 0 aromatic heterocycles. The van der Waals surface area contributed by atoms with Crippen molar-refractivity contribution in [3.8, 4) is 11.5 Å². The zero-order valence-corrected chi connectivity index (χ0v) is 19.5. The van der Waals surface area contributed by atoms with Crippen LogP contribution in [0.4, 0.5) is 18.4 Å². The van der Waals surface area contributed by atoms with Gasteiger partial charge in [-0.25, -0.2) is 18.4 Å². The summed E-state index contributed by atoms with van der Waals surface area (Å²) in [6.45, 7) is 7.32. The molecule has 34 heavy (non-hydrogen) atoms. The Bertz CT molecular complexity index is 945. The van der Waals surface area contributed by atoms with Gasteiger partial charge in [-0.15, -0.1) is 0 Å². The molecule has 0 spiro atoms. The number of hydrogen-bond acceptors (Lipinski definition) is 6. The van der Waals surface area contributed by atoms with E-state index < -0.39 is 36.4 Å². The second kappa shape index (κ2) is 11.0. The standard InChI is InChI=1S/C24H28F2N2O6/c1-15-5-7-21(19(25)13-15)31-17(3)33-23(29)27-9-11-28(12-10-27)24(30)34-18(4)32-22-8-6-16(2)14-20(22)26/h5-8,13-14,17-18H,9-12H2,1-4H3/t17-,18-/m1/s1. The molecule has 3 rings (SSSR count). The van der Waals surface area contributed by atoms with E-state index >= 15 is 0 Å². The molecule has 0 unspecified atom stereocenters. The van der Waals surface area contributed by atoms with Crippen LogP contribution < -0.4 is 9.47 Å². The highest BCUT2D eigenvalue weighted by molar-refractivity contribution is 5.70. The minimum Gasteiger partial charge on any atom is -0.452 e. The van der Waals surface area contributed by atoms with E-state index in [1.54, 1.807) is 26.0 Å². The maximum atomic E-state index is 13.9. The van der Waals surface area contributed by atoms with Gasteiger partial charge in [-0.1, -0.05) is 12.1 Å². The van der Waals surface area contributed by atoms with Crippen molar-refractivity contribution in [3.05, 3.63) is 59.2 Å². The molecular formula is C24H28F2N2O6. The molecule has 10 heteroatoms. The van der Waals surface area contributed by atoms with Crippen molar-refractivity contribution in [1.29, 1.82) is 0 Å². The lowest BCUT2D eigenvalue weighted by Gasteiger charge is -2.34. The van der Waals surface area contributed by atoms with Gasteiger partial charge in [0.25, 0.3) is 0 Å². The lowest BCUT2D eigenvalue weighted by Crippen LogP contribution is -2.51. The third-order valence-electron chi connectivity index (χ3n) is 5.09. The van der Waals surface area contributed by atoms with Gasteiger partial charge in [0.15, 0.2) is 23.1 Å². The van der Waals surface area contributed by atoms with Gasteiger partial charge < -0.3 is 28.7 Å². The SMILES string of the molecule is Cc1ccc(O[C@@H](C)OC(=O)N2CCN(C(=O)O[C@H](C)Oc3ccc(C)cc3F)CC2)c(F)c1. The Morgan fingerprint density at radius 1 is 0.735 bits per heavy atom. The summed E-state index contributed by atoms with van der Waals surface area (Å²) in [5.41, 5.74) is 1.49. The predicted molar refractivity (Wildman–Crippen MR) is 119 cm³/mol. The van der Waals surface area contributed by atoms with Crippen LogP contribution in [0.15, 0.2) is 36.4 Å². The summed E-state index contributed by atoms with van der Waals surface area (Å²) in [5, 5.41) is 0. The third-order valence-corrected chi connectivity index (χ3v) is 5.09. The van der Waals surface area contributed by atoms with Crippen LogP contribution in [-0.2, 0) is 9.47 Å². The van der Waals surface area contributed by atoms with Gasteiger partial charge in [-0.2, -0.15) is 0 Å². The molecule has 0 aliphatic carbocycles. The van der Waals surface area contributed by atoms with E-state index in [0.29, 0.717) is 0 Å². The van der Waals surface area contributed by atoms with Gasteiger partial charge in [0.05, 0.1) is 0 Å². The lowest BCUT2D eigenvalue weighted by atomic mass is 10.2. The third kappa shape index (κ3) is 6.72. The van der Waals surface area contributed by atoms with Crippen LogP contribution in [0.5, 0.6) is 11.5 Å². The van der Waals surface area contributed by atoms with Crippen LogP contribution in [-0.4, -0.2) is 60.7 Å². The molecular weight excluding hydrogens is 450 g/mol. The molecule has 184 valence electrons. The average molecular weight is 478 g/mol. The number of nitrogens with zero attached hydrogens (tertiary/aromatic N) is 2. The normalized spacial score (nSPS) is 15.4. The molecule has 1 aliphatic rings. The minimum absolute atomic E-state index is 0.0136. The number of rotatable bonds is 6. The predicted octanol–water partition coefficient (Wildman–Crippen LogP) is 4.62. The van der Waals surface area contributed by atoms with Crippen molar-refractivity contribution in [2.24, 2.45) is 0 Å². The van der Waals surface area contributed by atoms with Gasteiger partial charge in [-0.3, -0.25) is 0 Å². The quantitative estimate of drug-likeness (QED) is 0.564. The summed E-state index contributed by atoms with van der Waals surface area (Å²) in [6, 6.07) is 8.97. The summed E-state index contributed by atoms with van der Waals surface area (Å²) in [7, 11) is 0. The summed E-state index contributed by atoms with van der Waals surface area (Å²) in [6.07, 6.45) is -3.29. The fraction of sp³-hybridized carbons (Fsp3) is 0.417. The van der Waals surface area contributed by atoms with Gasteiger partial charge >= 0.3 is 12.2 Å². The molecule has 2 amide bonds. The molecule has 1 aliphatic heterocycles. The summed E-state index contributed by atoms with van der Waals surface area (Å²) < 4.78 is 49.0. The Labute approximate surface area is 196 Å². The molecule has 2 aromatic rings. The van der Waals surface area contributed by atoms with Gasteiger partial charge in [-0.05, 0) is 49.2 Å². The van der Waals surface area contributed by atoms with Crippen LogP contribution in [0.3, 0.4) is 0 Å².